The topological polar surface area (TPSA) is 61.4 Å². The highest BCUT2D eigenvalue weighted by atomic mass is 35.5. The highest BCUT2D eigenvalue weighted by molar-refractivity contribution is 6.31. The normalized spacial score (nSPS) is 11.9. The molecule has 0 aliphatic rings. The molecule has 0 aromatic heterocycles. The van der Waals surface area contributed by atoms with E-state index in [1.54, 1.807) is 6.92 Å². The zero-order valence-electron chi connectivity index (χ0n) is 9.74. The molecule has 0 aliphatic heterocycles. The van der Waals surface area contributed by atoms with Gasteiger partial charge in [-0.1, -0.05) is 29.8 Å². The minimum Gasteiger partial charge on any atom is -0.394 e. The molecular weight excluding hydrogens is 240 g/mol. The monoisotopic (exact) mass is 256 g/mol. The average Bonchev–Trinajstić information content (AvgIpc) is 2.31. The van der Waals surface area contributed by atoms with Gasteiger partial charge in [-0.3, -0.25) is 0 Å². The Balaban J connectivity index is 2.29. The number of amides is 2. The average molecular weight is 257 g/mol. The van der Waals surface area contributed by atoms with Crippen LogP contribution in [-0.4, -0.2) is 30.3 Å². The van der Waals surface area contributed by atoms with Crippen molar-refractivity contribution in [2.24, 2.45) is 0 Å². The van der Waals surface area contributed by atoms with Gasteiger partial charge in [0.2, 0.25) is 0 Å². The van der Waals surface area contributed by atoms with E-state index < -0.39 is 0 Å². The van der Waals surface area contributed by atoms with E-state index in [4.69, 9.17) is 16.7 Å². The number of urea groups is 1. The van der Waals surface area contributed by atoms with Gasteiger partial charge in [0.05, 0.1) is 12.6 Å². The van der Waals surface area contributed by atoms with Gasteiger partial charge in [0.25, 0.3) is 0 Å². The van der Waals surface area contributed by atoms with Crippen LogP contribution in [0.5, 0.6) is 0 Å². The number of hydrogen-bond donors (Lipinski definition) is 3. The van der Waals surface area contributed by atoms with Gasteiger partial charge in [-0.2, -0.15) is 0 Å². The molecule has 0 spiro atoms. The molecule has 0 saturated carbocycles. The predicted octanol–water partition coefficient (Wildman–Crippen LogP) is 1.56. The second-order valence-corrected chi connectivity index (χ2v) is 4.23. The van der Waals surface area contributed by atoms with Gasteiger partial charge < -0.3 is 15.7 Å². The Morgan fingerprint density at radius 1 is 1.47 bits per heavy atom. The summed E-state index contributed by atoms with van der Waals surface area (Å²) in [6.45, 7) is 2.17. The first-order chi connectivity index (χ1) is 8.13. The second-order valence-electron chi connectivity index (χ2n) is 3.83. The number of rotatable bonds is 5. The molecule has 1 aromatic rings. The number of carbonyl (C=O) groups excluding carboxylic acids is 1. The van der Waals surface area contributed by atoms with Crippen LogP contribution < -0.4 is 10.6 Å². The number of aliphatic hydroxyl groups excluding tert-OH is 1. The molecule has 94 valence electrons. The number of aliphatic hydroxyl groups is 1. The Labute approximate surface area is 106 Å². The van der Waals surface area contributed by atoms with Crippen LogP contribution in [0.1, 0.15) is 12.5 Å². The lowest BCUT2D eigenvalue weighted by Gasteiger charge is -2.12. The van der Waals surface area contributed by atoms with Crippen molar-refractivity contribution in [3.8, 4) is 0 Å². The van der Waals surface area contributed by atoms with E-state index in [0.29, 0.717) is 18.0 Å². The molecule has 1 aromatic carbocycles. The van der Waals surface area contributed by atoms with E-state index >= 15 is 0 Å². The molecule has 0 saturated heterocycles. The highest BCUT2D eigenvalue weighted by Crippen LogP contribution is 2.14. The predicted molar refractivity (Wildman–Crippen MR) is 68.2 cm³/mol. The van der Waals surface area contributed by atoms with Crippen molar-refractivity contribution in [2.75, 3.05) is 13.2 Å². The molecule has 1 rings (SSSR count). The van der Waals surface area contributed by atoms with E-state index in [-0.39, 0.29) is 18.7 Å². The van der Waals surface area contributed by atoms with Crippen LogP contribution in [0.15, 0.2) is 24.3 Å². The molecule has 5 heteroatoms. The molecule has 3 N–H and O–H groups in total. The maximum atomic E-state index is 11.3. The smallest absolute Gasteiger partial charge is 0.315 e. The summed E-state index contributed by atoms with van der Waals surface area (Å²) in [5, 5.41) is 14.8. The third-order valence-corrected chi connectivity index (χ3v) is 2.66. The van der Waals surface area contributed by atoms with Crippen LogP contribution in [0.3, 0.4) is 0 Å². The van der Waals surface area contributed by atoms with E-state index in [2.05, 4.69) is 10.6 Å². The van der Waals surface area contributed by atoms with Crippen LogP contribution in [-0.2, 0) is 6.42 Å². The van der Waals surface area contributed by atoms with E-state index in [1.807, 2.05) is 24.3 Å². The summed E-state index contributed by atoms with van der Waals surface area (Å²) < 4.78 is 0. The lowest BCUT2D eigenvalue weighted by molar-refractivity contribution is 0.220. The summed E-state index contributed by atoms with van der Waals surface area (Å²) in [6, 6.07) is 7.02. The van der Waals surface area contributed by atoms with Gasteiger partial charge in [0.1, 0.15) is 0 Å². The molecule has 0 radical (unpaired) electrons. The molecule has 0 aliphatic carbocycles. The first-order valence-corrected chi connectivity index (χ1v) is 5.90. The van der Waals surface area contributed by atoms with Gasteiger partial charge >= 0.3 is 6.03 Å². The lowest BCUT2D eigenvalue weighted by Crippen LogP contribution is -2.42. The lowest BCUT2D eigenvalue weighted by atomic mass is 10.1. The summed E-state index contributed by atoms with van der Waals surface area (Å²) >= 11 is 5.98. The van der Waals surface area contributed by atoms with E-state index in [9.17, 15) is 4.79 Å². The van der Waals surface area contributed by atoms with Crippen LogP contribution in [0.25, 0.3) is 0 Å². The Hall–Kier alpha value is -1.26. The van der Waals surface area contributed by atoms with Gasteiger partial charge in [0.15, 0.2) is 0 Å². The maximum Gasteiger partial charge on any atom is 0.315 e. The van der Waals surface area contributed by atoms with Gasteiger partial charge in [-0.05, 0) is 25.0 Å². The Kier molecular flexibility index (Phi) is 5.80. The zero-order chi connectivity index (χ0) is 12.7. The maximum absolute atomic E-state index is 11.3. The summed E-state index contributed by atoms with van der Waals surface area (Å²) in [7, 11) is 0. The van der Waals surface area contributed by atoms with Gasteiger partial charge in [-0.15, -0.1) is 0 Å². The summed E-state index contributed by atoms with van der Waals surface area (Å²) in [4.78, 5) is 11.3. The van der Waals surface area contributed by atoms with Crippen molar-refractivity contribution in [3.05, 3.63) is 34.9 Å². The van der Waals surface area contributed by atoms with Crippen molar-refractivity contribution >= 4 is 17.6 Å². The molecule has 1 unspecified atom stereocenters. The fourth-order valence-corrected chi connectivity index (χ4v) is 1.56. The number of benzene rings is 1. The minimum absolute atomic E-state index is 0.0715. The van der Waals surface area contributed by atoms with Gasteiger partial charge in [0, 0.05) is 11.6 Å². The first kappa shape index (κ1) is 13.8. The van der Waals surface area contributed by atoms with Crippen molar-refractivity contribution in [3.63, 3.8) is 0 Å². The Bertz CT molecular complexity index is 371. The number of hydrogen-bond acceptors (Lipinski definition) is 2. The first-order valence-electron chi connectivity index (χ1n) is 5.52. The van der Waals surface area contributed by atoms with Crippen molar-refractivity contribution in [2.45, 2.75) is 19.4 Å². The SMILES string of the molecule is CC(CO)NC(=O)NCCc1ccccc1Cl. The molecular formula is C12H17ClN2O2. The Morgan fingerprint density at radius 3 is 2.82 bits per heavy atom. The summed E-state index contributed by atoms with van der Waals surface area (Å²) in [5.74, 6) is 0. The fourth-order valence-electron chi connectivity index (χ4n) is 1.33. The van der Waals surface area contributed by atoms with Gasteiger partial charge in [-0.25, -0.2) is 4.79 Å². The van der Waals surface area contributed by atoms with Crippen molar-refractivity contribution in [1.82, 2.24) is 10.6 Å². The Morgan fingerprint density at radius 2 is 2.18 bits per heavy atom. The minimum atomic E-state index is -0.279. The standard InChI is InChI=1S/C12H17ClN2O2/c1-9(8-16)15-12(17)14-7-6-10-4-2-3-5-11(10)13/h2-5,9,16H,6-8H2,1H3,(H2,14,15,17). The van der Waals surface area contributed by atoms with Crippen LogP contribution in [0, 0.1) is 0 Å². The molecule has 4 nitrogen and oxygen atoms in total. The van der Waals surface area contributed by atoms with Crippen molar-refractivity contribution in [1.29, 1.82) is 0 Å². The van der Waals surface area contributed by atoms with Crippen LogP contribution in [0.2, 0.25) is 5.02 Å². The second kappa shape index (κ2) is 7.14. The zero-order valence-corrected chi connectivity index (χ0v) is 10.5. The third kappa shape index (κ3) is 5.06. The number of halogens is 1. The molecule has 0 fully saturated rings. The fraction of sp³-hybridized carbons (Fsp3) is 0.417. The summed E-state index contributed by atoms with van der Waals surface area (Å²) in [5.41, 5.74) is 1.00. The van der Waals surface area contributed by atoms with Crippen LogP contribution >= 0.6 is 11.6 Å². The molecule has 2 amide bonds. The molecule has 17 heavy (non-hydrogen) atoms. The largest absolute Gasteiger partial charge is 0.394 e. The molecule has 0 heterocycles. The van der Waals surface area contributed by atoms with E-state index in [0.717, 1.165) is 5.56 Å². The highest BCUT2D eigenvalue weighted by Gasteiger charge is 2.05. The van der Waals surface area contributed by atoms with Crippen LogP contribution in [0.4, 0.5) is 4.79 Å². The van der Waals surface area contributed by atoms with Crippen molar-refractivity contribution < 1.29 is 9.90 Å². The van der Waals surface area contributed by atoms with E-state index in [1.165, 1.54) is 0 Å². The number of nitrogens with one attached hydrogen (secondary N) is 2. The molecule has 1 atom stereocenters. The number of carbonyl (C=O) groups is 1. The quantitative estimate of drug-likeness (QED) is 0.749. The summed E-state index contributed by atoms with van der Waals surface area (Å²) in [6.07, 6.45) is 0.681. The molecule has 0 bridgehead atoms. The third-order valence-electron chi connectivity index (χ3n) is 2.29.